The molecule has 4 aliphatic carbocycles. The summed E-state index contributed by atoms with van der Waals surface area (Å²) in [6, 6.07) is 0. The van der Waals surface area contributed by atoms with Crippen molar-refractivity contribution in [3.63, 3.8) is 0 Å². The number of allylic oxidation sites excluding steroid dienone is 4. The smallest absolute Gasteiger partial charge is 0.211 e. The van der Waals surface area contributed by atoms with Crippen LogP contribution in [0.3, 0.4) is 0 Å². The quantitative estimate of drug-likeness (QED) is 0.682. The van der Waals surface area contributed by atoms with Gasteiger partial charge >= 0.3 is 0 Å². The minimum absolute atomic E-state index is 0.118. The Balaban J connectivity index is 1.80. The lowest BCUT2D eigenvalue weighted by molar-refractivity contribution is -0.262. The van der Waals surface area contributed by atoms with Crippen molar-refractivity contribution in [3.05, 3.63) is 23.8 Å². The van der Waals surface area contributed by atoms with Gasteiger partial charge in [0.1, 0.15) is 12.2 Å². The lowest BCUT2D eigenvalue weighted by atomic mass is 9.45. The molecule has 0 amide bonds. The van der Waals surface area contributed by atoms with Gasteiger partial charge in [-0.05, 0) is 49.7 Å². The molecule has 4 aliphatic rings. The highest BCUT2D eigenvalue weighted by Crippen LogP contribution is 2.69. The topological polar surface area (TPSA) is 94.8 Å². The largest absolute Gasteiger partial charge is 0.388 e. The summed E-state index contributed by atoms with van der Waals surface area (Å²) >= 11 is 0. The van der Waals surface area contributed by atoms with Gasteiger partial charge < -0.3 is 15.3 Å². The predicted molar refractivity (Wildman–Crippen MR) is 95.1 cm³/mol. The summed E-state index contributed by atoms with van der Waals surface area (Å²) in [7, 11) is 0. The number of carbonyl (C=O) groups is 2. The van der Waals surface area contributed by atoms with E-state index in [-0.39, 0.29) is 30.5 Å². The molecular weight excluding hydrogens is 351 g/mol. The third-order valence-electron chi connectivity index (χ3n) is 8.22. The monoisotopic (exact) mass is 378 g/mol. The van der Waals surface area contributed by atoms with Crippen molar-refractivity contribution in [2.45, 2.75) is 57.4 Å². The molecule has 0 aromatic rings. The van der Waals surface area contributed by atoms with Crippen molar-refractivity contribution >= 4 is 11.6 Å². The summed E-state index contributed by atoms with van der Waals surface area (Å²) in [4.78, 5) is 24.1. The molecular formula is C21H27FO5. The number of carbonyl (C=O) groups excluding carboxylic acids is 2. The van der Waals surface area contributed by atoms with Crippen LogP contribution in [-0.4, -0.2) is 44.9 Å². The fourth-order valence-corrected chi connectivity index (χ4v) is 6.99. The second-order valence-electron chi connectivity index (χ2n) is 9.37. The minimum Gasteiger partial charge on any atom is -0.388 e. The number of ketones is 2. The molecule has 3 saturated carbocycles. The van der Waals surface area contributed by atoms with Crippen LogP contribution in [0.1, 0.15) is 46.0 Å². The molecule has 3 fully saturated rings. The van der Waals surface area contributed by atoms with E-state index in [0.717, 1.165) is 5.57 Å². The van der Waals surface area contributed by atoms with E-state index >= 15 is 4.39 Å². The molecule has 0 radical (unpaired) electrons. The molecule has 1 unspecified atom stereocenters. The Bertz CT molecular complexity index is 771. The number of Topliss-reactive ketones (excluding diaryl/α,β-unsaturated/α-hetero) is 1. The zero-order chi connectivity index (χ0) is 19.8. The molecule has 0 heterocycles. The molecule has 0 saturated heterocycles. The number of aliphatic hydroxyl groups is 3. The van der Waals surface area contributed by atoms with Crippen LogP contribution >= 0.6 is 0 Å². The van der Waals surface area contributed by atoms with Crippen LogP contribution in [0.25, 0.3) is 0 Å². The number of rotatable bonds is 2. The Labute approximate surface area is 158 Å². The van der Waals surface area contributed by atoms with E-state index in [4.69, 9.17) is 0 Å². The first-order valence-electron chi connectivity index (χ1n) is 9.72. The second kappa shape index (κ2) is 5.58. The van der Waals surface area contributed by atoms with Crippen molar-refractivity contribution in [1.29, 1.82) is 0 Å². The summed E-state index contributed by atoms with van der Waals surface area (Å²) in [6.07, 6.45) is 6.30. The molecule has 7 atom stereocenters. The van der Waals surface area contributed by atoms with Gasteiger partial charge in [-0.25, -0.2) is 4.39 Å². The number of halogens is 1. The number of alkyl halides is 1. The Morgan fingerprint density at radius 3 is 2.67 bits per heavy atom. The predicted octanol–water partition coefficient (Wildman–Crippen LogP) is 1.85. The average Bonchev–Trinajstić information content (AvgIpc) is 2.85. The molecule has 5 nitrogen and oxygen atoms in total. The average molecular weight is 378 g/mol. The fraction of sp³-hybridized carbons (Fsp3) is 0.714. The molecule has 27 heavy (non-hydrogen) atoms. The van der Waals surface area contributed by atoms with Crippen LogP contribution in [0.15, 0.2) is 23.8 Å². The van der Waals surface area contributed by atoms with Gasteiger partial charge in [-0.3, -0.25) is 9.59 Å². The van der Waals surface area contributed by atoms with Gasteiger partial charge in [-0.15, -0.1) is 0 Å². The number of hydrogen-bond acceptors (Lipinski definition) is 5. The van der Waals surface area contributed by atoms with Crippen LogP contribution in [0, 0.1) is 28.6 Å². The van der Waals surface area contributed by atoms with E-state index in [2.05, 4.69) is 0 Å². The fourth-order valence-electron chi connectivity index (χ4n) is 6.99. The van der Waals surface area contributed by atoms with E-state index in [0.29, 0.717) is 19.3 Å². The minimum atomic E-state index is -2.59. The zero-order valence-electron chi connectivity index (χ0n) is 15.7. The first-order chi connectivity index (χ1) is 12.5. The summed E-state index contributed by atoms with van der Waals surface area (Å²) in [5, 5.41) is 31.4. The van der Waals surface area contributed by atoms with Gasteiger partial charge in [0.05, 0.1) is 0 Å². The van der Waals surface area contributed by atoms with Gasteiger partial charge in [0.25, 0.3) is 0 Å². The molecule has 0 aliphatic heterocycles. The van der Waals surface area contributed by atoms with Gasteiger partial charge in [0, 0.05) is 23.2 Å². The normalized spacial score (nSPS) is 51.3. The molecule has 0 aromatic carbocycles. The maximum absolute atomic E-state index is 15.8. The van der Waals surface area contributed by atoms with E-state index in [9.17, 15) is 24.9 Å². The van der Waals surface area contributed by atoms with Gasteiger partial charge in [0.15, 0.2) is 11.6 Å². The molecule has 148 valence electrons. The first kappa shape index (κ1) is 19.0. The van der Waals surface area contributed by atoms with Gasteiger partial charge in [0.2, 0.25) is 5.85 Å². The Kier molecular flexibility index (Phi) is 3.92. The molecule has 6 heteroatoms. The SMILES string of the molecule is C[C@]12C=CC(=O)C=C1CC[C@@H]1[C@@H]2C(O)(F)C[C@@]2(C)[C@H]1CC[C@]2(O)C(=O)CO. The second-order valence-corrected chi connectivity index (χ2v) is 9.37. The van der Waals surface area contributed by atoms with E-state index in [1.54, 1.807) is 19.1 Å². The van der Waals surface area contributed by atoms with Crippen molar-refractivity contribution in [2.75, 3.05) is 6.61 Å². The lowest BCUT2D eigenvalue weighted by Crippen LogP contribution is -2.65. The number of hydrogen-bond donors (Lipinski definition) is 3. The van der Waals surface area contributed by atoms with Crippen molar-refractivity contribution in [3.8, 4) is 0 Å². The van der Waals surface area contributed by atoms with E-state index in [1.807, 2.05) is 6.92 Å². The maximum Gasteiger partial charge on any atom is 0.211 e. The molecule has 0 spiro atoms. The highest BCUT2D eigenvalue weighted by molar-refractivity contribution is 6.01. The third kappa shape index (κ3) is 2.26. The van der Waals surface area contributed by atoms with Crippen LogP contribution < -0.4 is 0 Å². The van der Waals surface area contributed by atoms with E-state index < -0.39 is 40.6 Å². The van der Waals surface area contributed by atoms with Crippen molar-refractivity contribution in [2.24, 2.45) is 28.6 Å². The summed E-state index contributed by atoms with van der Waals surface area (Å²) in [6.45, 7) is 2.74. The Morgan fingerprint density at radius 1 is 1.30 bits per heavy atom. The molecule has 3 N–H and O–H groups in total. The summed E-state index contributed by atoms with van der Waals surface area (Å²) < 4.78 is 15.8. The van der Waals surface area contributed by atoms with Gasteiger partial charge in [-0.1, -0.05) is 25.5 Å². The lowest BCUT2D eigenvalue weighted by Gasteiger charge is -2.61. The van der Waals surface area contributed by atoms with Crippen LogP contribution in [-0.2, 0) is 9.59 Å². The van der Waals surface area contributed by atoms with Crippen LogP contribution in [0.4, 0.5) is 4.39 Å². The van der Waals surface area contributed by atoms with Crippen LogP contribution in [0.2, 0.25) is 0 Å². The Morgan fingerprint density at radius 2 is 2.00 bits per heavy atom. The van der Waals surface area contributed by atoms with E-state index in [1.165, 1.54) is 6.08 Å². The van der Waals surface area contributed by atoms with Crippen molar-refractivity contribution in [1.82, 2.24) is 0 Å². The summed E-state index contributed by atoms with van der Waals surface area (Å²) in [5.74, 6) is -4.51. The first-order valence-corrected chi connectivity index (χ1v) is 9.72. The van der Waals surface area contributed by atoms with Crippen molar-refractivity contribution < 1.29 is 29.3 Å². The molecule has 0 bridgehead atoms. The number of aliphatic hydroxyl groups excluding tert-OH is 1. The highest BCUT2D eigenvalue weighted by atomic mass is 19.2. The highest BCUT2D eigenvalue weighted by Gasteiger charge is 2.72. The molecule has 0 aromatic heterocycles. The third-order valence-corrected chi connectivity index (χ3v) is 8.22. The maximum atomic E-state index is 15.8. The summed E-state index contributed by atoms with van der Waals surface area (Å²) in [5.41, 5.74) is -2.88. The Hall–Kier alpha value is -1.37. The standard InChI is InChI=1S/C21H27FO5/c1-18-7-5-13(24)9-12(18)3-4-14-15-6-8-20(26,16(25)10-23)19(15,2)11-21(22,27)17(14)18/h5,7,9,14-15,17,23,26-27H,3-4,6,8,10-11H2,1-2H3/t14-,15-,17-,18-,19-,20-,21?/m0/s1. The van der Waals surface area contributed by atoms with Gasteiger partial charge in [-0.2, -0.15) is 0 Å². The van der Waals surface area contributed by atoms with Crippen LogP contribution in [0.5, 0.6) is 0 Å². The number of fused-ring (bicyclic) bond motifs is 5. The molecule has 4 rings (SSSR count). The zero-order valence-corrected chi connectivity index (χ0v) is 15.7.